The standard InChI is InChI=1S/C16H22F3NO/c1-2-12-4-3-5-14(10-12)20-11-13-6-8-15(9-7-13)21-16(17,18)19/h6-9,12,14,20H,2-5,10-11H2,1H3. The molecule has 5 heteroatoms. The van der Waals surface area contributed by atoms with Gasteiger partial charge < -0.3 is 10.1 Å². The second-order valence-corrected chi connectivity index (χ2v) is 5.71. The van der Waals surface area contributed by atoms with Crippen molar-refractivity contribution < 1.29 is 17.9 Å². The van der Waals surface area contributed by atoms with Crippen LogP contribution in [0.4, 0.5) is 13.2 Å². The lowest BCUT2D eigenvalue weighted by atomic mass is 9.84. The van der Waals surface area contributed by atoms with Crippen molar-refractivity contribution in [2.24, 2.45) is 5.92 Å². The predicted molar refractivity (Wildman–Crippen MR) is 76.0 cm³/mol. The molecule has 1 aromatic carbocycles. The highest BCUT2D eigenvalue weighted by Gasteiger charge is 2.30. The minimum absolute atomic E-state index is 0.171. The van der Waals surface area contributed by atoms with E-state index in [0.717, 1.165) is 11.5 Å². The van der Waals surface area contributed by atoms with Crippen molar-refractivity contribution in [2.75, 3.05) is 0 Å². The average Bonchev–Trinajstić information content (AvgIpc) is 2.45. The second kappa shape index (κ2) is 7.16. The normalized spacial score (nSPS) is 23.0. The van der Waals surface area contributed by atoms with Crippen LogP contribution in [0.5, 0.6) is 5.75 Å². The molecule has 0 radical (unpaired) electrons. The lowest BCUT2D eigenvalue weighted by Gasteiger charge is -2.29. The number of hydrogen-bond acceptors (Lipinski definition) is 2. The minimum Gasteiger partial charge on any atom is -0.406 e. The van der Waals surface area contributed by atoms with Crippen LogP contribution < -0.4 is 10.1 Å². The average molecular weight is 301 g/mol. The highest BCUT2D eigenvalue weighted by atomic mass is 19.4. The largest absolute Gasteiger partial charge is 0.573 e. The van der Waals surface area contributed by atoms with Gasteiger partial charge in [0, 0.05) is 12.6 Å². The van der Waals surface area contributed by atoms with Gasteiger partial charge in [-0.15, -0.1) is 13.2 Å². The first kappa shape index (κ1) is 16.1. The van der Waals surface area contributed by atoms with Gasteiger partial charge in [0.05, 0.1) is 0 Å². The molecule has 0 bridgehead atoms. The fourth-order valence-corrected chi connectivity index (χ4v) is 2.92. The molecular weight excluding hydrogens is 279 g/mol. The molecule has 1 saturated carbocycles. The molecule has 21 heavy (non-hydrogen) atoms. The molecule has 2 nitrogen and oxygen atoms in total. The van der Waals surface area contributed by atoms with E-state index in [1.54, 1.807) is 12.1 Å². The van der Waals surface area contributed by atoms with Crippen LogP contribution >= 0.6 is 0 Å². The van der Waals surface area contributed by atoms with Crippen molar-refractivity contribution in [3.05, 3.63) is 29.8 Å². The number of rotatable bonds is 5. The number of hydrogen-bond donors (Lipinski definition) is 1. The molecule has 0 saturated heterocycles. The zero-order valence-electron chi connectivity index (χ0n) is 12.2. The van der Waals surface area contributed by atoms with Crippen LogP contribution in [0.25, 0.3) is 0 Å². The third-order valence-electron chi connectivity index (χ3n) is 4.11. The van der Waals surface area contributed by atoms with E-state index in [2.05, 4.69) is 17.0 Å². The maximum Gasteiger partial charge on any atom is 0.573 e. The van der Waals surface area contributed by atoms with E-state index in [4.69, 9.17) is 0 Å². The van der Waals surface area contributed by atoms with Gasteiger partial charge in [-0.3, -0.25) is 0 Å². The first-order valence-electron chi connectivity index (χ1n) is 7.54. The van der Waals surface area contributed by atoms with E-state index in [0.29, 0.717) is 12.6 Å². The molecule has 0 aromatic heterocycles. The Kier molecular flexibility index (Phi) is 5.51. The van der Waals surface area contributed by atoms with E-state index in [1.807, 2.05) is 0 Å². The molecule has 0 amide bonds. The number of nitrogens with one attached hydrogen (secondary N) is 1. The van der Waals surface area contributed by atoms with E-state index in [9.17, 15) is 13.2 Å². The van der Waals surface area contributed by atoms with Gasteiger partial charge in [0.15, 0.2) is 0 Å². The first-order chi connectivity index (χ1) is 9.96. The molecule has 2 unspecified atom stereocenters. The highest BCUT2D eigenvalue weighted by molar-refractivity contribution is 5.27. The number of alkyl halides is 3. The second-order valence-electron chi connectivity index (χ2n) is 5.71. The molecule has 2 rings (SSSR count). The van der Waals surface area contributed by atoms with Gasteiger partial charge in [-0.25, -0.2) is 0 Å². The molecule has 1 aromatic rings. The van der Waals surface area contributed by atoms with Gasteiger partial charge in [-0.1, -0.05) is 38.3 Å². The van der Waals surface area contributed by atoms with Crippen LogP contribution in [0, 0.1) is 5.92 Å². The summed E-state index contributed by atoms with van der Waals surface area (Å²) >= 11 is 0. The van der Waals surface area contributed by atoms with Crippen LogP contribution in [0.1, 0.15) is 44.6 Å². The number of benzene rings is 1. The van der Waals surface area contributed by atoms with Gasteiger partial charge in [-0.05, 0) is 36.5 Å². The van der Waals surface area contributed by atoms with Crippen molar-refractivity contribution in [3.63, 3.8) is 0 Å². The summed E-state index contributed by atoms with van der Waals surface area (Å²) in [6.07, 6.45) is 1.56. The van der Waals surface area contributed by atoms with Crippen LogP contribution in [-0.2, 0) is 6.54 Å². The molecule has 0 spiro atoms. The van der Waals surface area contributed by atoms with Crippen LogP contribution in [-0.4, -0.2) is 12.4 Å². The fourth-order valence-electron chi connectivity index (χ4n) is 2.92. The van der Waals surface area contributed by atoms with Crippen LogP contribution in [0.15, 0.2) is 24.3 Å². The van der Waals surface area contributed by atoms with Crippen molar-refractivity contribution in [1.29, 1.82) is 0 Å². The Balaban J connectivity index is 1.81. The summed E-state index contributed by atoms with van der Waals surface area (Å²) in [6.45, 7) is 2.92. The Morgan fingerprint density at radius 2 is 1.90 bits per heavy atom. The van der Waals surface area contributed by atoms with E-state index in [-0.39, 0.29) is 5.75 Å². The van der Waals surface area contributed by atoms with Crippen molar-refractivity contribution in [1.82, 2.24) is 5.32 Å². The topological polar surface area (TPSA) is 21.3 Å². The summed E-state index contributed by atoms with van der Waals surface area (Å²) in [7, 11) is 0. The van der Waals surface area contributed by atoms with Crippen molar-refractivity contribution >= 4 is 0 Å². The molecule has 2 atom stereocenters. The SMILES string of the molecule is CCC1CCCC(NCc2ccc(OC(F)(F)F)cc2)C1. The maximum atomic E-state index is 12.1. The Morgan fingerprint density at radius 1 is 1.19 bits per heavy atom. The Hall–Kier alpha value is -1.23. The summed E-state index contributed by atoms with van der Waals surface area (Å²) in [4.78, 5) is 0. The third kappa shape index (κ3) is 5.58. The molecule has 1 fully saturated rings. The van der Waals surface area contributed by atoms with Crippen LogP contribution in [0.3, 0.4) is 0 Å². The first-order valence-corrected chi connectivity index (χ1v) is 7.54. The van der Waals surface area contributed by atoms with E-state index in [1.165, 1.54) is 44.2 Å². The molecular formula is C16H22F3NO. The molecule has 0 aliphatic heterocycles. The smallest absolute Gasteiger partial charge is 0.406 e. The van der Waals surface area contributed by atoms with Gasteiger partial charge in [0.1, 0.15) is 5.75 Å². The quantitative estimate of drug-likeness (QED) is 0.855. The minimum atomic E-state index is -4.63. The summed E-state index contributed by atoms with van der Waals surface area (Å²) in [6, 6.07) is 6.60. The summed E-state index contributed by atoms with van der Waals surface area (Å²) in [5.74, 6) is 0.633. The fraction of sp³-hybridized carbons (Fsp3) is 0.625. The highest BCUT2D eigenvalue weighted by Crippen LogP contribution is 2.27. The Morgan fingerprint density at radius 3 is 2.52 bits per heavy atom. The molecule has 0 heterocycles. The summed E-state index contributed by atoms with van der Waals surface area (Å²) in [5.41, 5.74) is 0.975. The Bertz CT molecular complexity index is 430. The van der Waals surface area contributed by atoms with Gasteiger partial charge >= 0.3 is 6.36 Å². The molecule has 1 N–H and O–H groups in total. The van der Waals surface area contributed by atoms with Gasteiger partial charge in [0.2, 0.25) is 0 Å². The monoisotopic (exact) mass is 301 g/mol. The Labute approximate surface area is 123 Å². The molecule has 1 aliphatic rings. The summed E-state index contributed by atoms with van der Waals surface area (Å²) in [5, 5.41) is 3.51. The predicted octanol–water partition coefficient (Wildman–Crippen LogP) is 4.64. The van der Waals surface area contributed by atoms with E-state index < -0.39 is 6.36 Å². The zero-order valence-corrected chi connectivity index (χ0v) is 12.2. The van der Waals surface area contributed by atoms with E-state index >= 15 is 0 Å². The zero-order chi connectivity index (χ0) is 15.3. The molecule has 118 valence electrons. The maximum absolute atomic E-state index is 12.1. The third-order valence-corrected chi connectivity index (χ3v) is 4.11. The van der Waals surface area contributed by atoms with Gasteiger partial charge in [0.25, 0.3) is 0 Å². The van der Waals surface area contributed by atoms with Crippen molar-refractivity contribution in [3.8, 4) is 5.75 Å². The molecule has 1 aliphatic carbocycles. The summed E-state index contributed by atoms with van der Waals surface area (Å²) < 4.78 is 40.1. The van der Waals surface area contributed by atoms with Gasteiger partial charge in [-0.2, -0.15) is 0 Å². The lowest BCUT2D eigenvalue weighted by Crippen LogP contribution is -2.33. The van der Waals surface area contributed by atoms with Crippen molar-refractivity contribution in [2.45, 2.75) is 58.0 Å². The number of halogens is 3. The number of ether oxygens (including phenoxy) is 1. The van der Waals surface area contributed by atoms with Crippen LogP contribution in [0.2, 0.25) is 0 Å². The lowest BCUT2D eigenvalue weighted by molar-refractivity contribution is -0.274.